The first-order valence-electron chi connectivity index (χ1n) is 7.75. The minimum atomic E-state index is -1.20. The van der Waals surface area contributed by atoms with Crippen LogP contribution >= 0.6 is 23.2 Å². The average molecular weight is 374 g/mol. The number of fused-ring (bicyclic) bond motifs is 1. The van der Waals surface area contributed by atoms with Gasteiger partial charge in [0.05, 0.1) is 27.7 Å². The highest BCUT2D eigenvalue weighted by Gasteiger charge is 2.45. The van der Waals surface area contributed by atoms with Crippen molar-refractivity contribution < 1.29 is 20.1 Å². The molecule has 1 aliphatic carbocycles. The van der Waals surface area contributed by atoms with Gasteiger partial charge in [-0.1, -0.05) is 23.2 Å². The van der Waals surface area contributed by atoms with E-state index >= 15 is 0 Å². The summed E-state index contributed by atoms with van der Waals surface area (Å²) in [6, 6.07) is 3.62. The molecule has 0 unspecified atom stereocenters. The summed E-state index contributed by atoms with van der Waals surface area (Å²) in [4.78, 5) is 4.52. The van der Waals surface area contributed by atoms with E-state index in [0.717, 1.165) is 12.8 Å². The number of aromatic nitrogens is 2. The molecule has 1 aromatic carbocycles. The molecule has 4 rings (SSSR count). The normalized spacial score (nSPS) is 30.2. The molecule has 0 radical (unpaired) electrons. The van der Waals surface area contributed by atoms with Gasteiger partial charge in [-0.05, 0) is 25.0 Å². The van der Waals surface area contributed by atoms with Gasteiger partial charge in [0.25, 0.3) is 0 Å². The van der Waals surface area contributed by atoms with E-state index in [1.54, 1.807) is 16.7 Å². The minimum Gasteiger partial charge on any atom is -0.394 e. The number of nitrogens with zero attached hydrogens (tertiary/aromatic N) is 2. The Labute approximate surface area is 147 Å². The molecule has 0 bridgehead atoms. The molecule has 7 nitrogen and oxygen atoms in total. The van der Waals surface area contributed by atoms with E-state index in [2.05, 4.69) is 10.3 Å². The molecule has 0 amide bonds. The third kappa shape index (κ3) is 2.65. The molecule has 2 heterocycles. The minimum absolute atomic E-state index is 0.323. The standard InChI is InChI=1S/C15H17Cl2N3O4/c16-7-3-9-10(4-8(7)17)20(15(19-9)18-6-1-2-6)14-13(23)12(22)11(5-21)24-14/h3-4,6,11-14,21-23H,1-2,5H2,(H,18,19)/t11-,12+,13+,14+/m1/s1. The summed E-state index contributed by atoms with van der Waals surface area (Å²) in [6.45, 7) is -0.390. The lowest BCUT2D eigenvalue weighted by Crippen LogP contribution is -2.33. The molecule has 1 aliphatic heterocycles. The van der Waals surface area contributed by atoms with E-state index in [4.69, 9.17) is 27.9 Å². The number of benzene rings is 1. The number of imidazole rings is 1. The third-order valence-electron chi connectivity index (χ3n) is 4.41. The molecular weight excluding hydrogens is 357 g/mol. The van der Waals surface area contributed by atoms with Gasteiger partial charge in [0, 0.05) is 6.04 Å². The number of hydrogen-bond acceptors (Lipinski definition) is 6. The number of aliphatic hydroxyl groups excluding tert-OH is 3. The zero-order chi connectivity index (χ0) is 17.0. The highest BCUT2D eigenvalue weighted by Crippen LogP contribution is 2.38. The number of halogens is 2. The van der Waals surface area contributed by atoms with E-state index in [0.29, 0.717) is 33.1 Å². The summed E-state index contributed by atoms with van der Waals surface area (Å²) in [5.74, 6) is 0.515. The topological polar surface area (TPSA) is 99.8 Å². The van der Waals surface area contributed by atoms with Gasteiger partial charge >= 0.3 is 0 Å². The van der Waals surface area contributed by atoms with Gasteiger partial charge in [-0.3, -0.25) is 4.57 Å². The number of aliphatic hydroxyl groups is 3. The fourth-order valence-corrected chi connectivity index (χ4v) is 3.27. The Kier molecular flexibility index (Phi) is 4.11. The average Bonchev–Trinajstić information content (AvgIpc) is 3.25. The fourth-order valence-electron chi connectivity index (χ4n) is 2.95. The number of rotatable bonds is 4. The lowest BCUT2D eigenvalue weighted by molar-refractivity contribution is -0.0499. The molecule has 2 aliphatic rings. The Bertz CT molecular complexity index is 780. The second-order valence-corrected chi connectivity index (χ2v) is 7.02. The molecule has 9 heteroatoms. The van der Waals surface area contributed by atoms with Crippen LogP contribution in [0, 0.1) is 0 Å². The van der Waals surface area contributed by atoms with Gasteiger partial charge in [-0.15, -0.1) is 0 Å². The molecule has 2 fully saturated rings. The van der Waals surface area contributed by atoms with Crippen molar-refractivity contribution in [3.05, 3.63) is 22.2 Å². The maximum atomic E-state index is 10.4. The van der Waals surface area contributed by atoms with Crippen molar-refractivity contribution in [2.75, 3.05) is 11.9 Å². The zero-order valence-corrected chi connectivity index (χ0v) is 14.1. The summed E-state index contributed by atoms with van der Waals surface area (Å²) >= 11 is 12.2. The molecular formula is C15H17Cl2N3O4. The van der Waals surface area contributed by atoms with Crippen LogP contribution in [0.2, 0.25) is 10.0 Å². The third-order valence-corrected chi connectivity index (χ3v) is 5.14. The Balaban J connectivity index is 1.83. The smallest absolute Gasteiger partial charge is 0.206 e. The largest absolute Gasteiger partial charge is 0.394 e. The first kappa shape index (κ1) is 16.4. The molecule has 1 aromatic heterocycles. The Morgan fingerprint density at radius 2 is 1.92 bits per heavy atom. The molecule has 2 aromatic rings. The van der Waals surface area contributed by atoms with Crippen LogP contribution in [-0.4, -0.2) is 55.8 Å². The van der Waals surface area contributed by atoms with Crippen LogP contribution in [0.25, 0.3) is 11.0 Å². The lowest BCUT2D eigenvalue weighted by Gasteiger charge is -2.20. The van der Waals surface area contributed by atoms with E-state index in [9.17, 15) is 15.3 Å². The predicted octanol–water partition coefficient (Wildman–Crippen LogP) is 1.53. The van der Waals surface area contributed by atoms with Gasteiger partial charge in [-0.2, -0.15) is 0 Å². The van der Waals surface area contributed by atoms with E-state index in [1.165, 1.54) is 0 Å². The van der Waals surface area contributed by atoms with Crippen molar-refractivity contribution in [2.45, 2.75) is 43.4 Å². The van der Waals surface area contributed by atoms with Gasteiger partial charge in [0.1, 0.15) is 18.3 Å². The van der Waals surface area contributed by atoms with Crippen LogP contribution < -0.4 is 5.32 Å². The Morgan fingerprint density at radius 1 is 1.21 bits per heavy atom. The summed E-state index contributed by atoms with van der Waals surface area (Å²) < 4.78 is 7.32. The maximum Gasteiger partial charge on any atom is 0.206 e. The highest BCUT2D eigenvalue weighted by molar-refractivity contribution is 6.42. The van der Waals surface area contributed by atoms with Crippen LogP contribution in [-0.2, 0) is 4.74 Å². The van der Waals surface area contributed by atoms with Gasteiger partial charge in [0.2, 0.25) is 5.95 Å². The SMILES string of the molecule is OC[C@H]1O[C@H](n2c(NC3CC3)nc3cc(Cl)c(Cl)cc32)[C@@H](O)[C@H]1O. The number of ether oxygens (including phenoxy) is 1. The van der Waals surface area contributed by atoms with Crippen LogP contribution in [0.4, 0.5) is 5.95 Å². The Morgan fingerprint density at radius 3 is 2.54 bits per heavy atom. The predicted molar refractivity (Wildman–Crippen MR) is 89.4 cm³/mol. The molecule has 1 saturated heterocycles. The highest BCUT2D eigenvalue weighted by atomic mass is 35.5. The summed E-state index contributed by atoms with van der Waals surface area (Å²) in [6.07, 6.45) is -2.05. The van der Waals surface area contributed by atoms with Crippen molar-refractivity contribution >= 4 is 40.2 Å². The first-order chi connectivity index (χ1) is 11.5. The Hall–Kier alpha value is -1.09. The summed E-state index contributed by atoms with van der Waals surface area (Å²) in [5.41, 5.74) is 1.23. The molecule has 4 N–H and O–H groups in total. The van der Waals surface area contributed by atoms with E-state index in [1.807, 2.05) is 0 Å². The van der Waals surface area contributed by atoms with Crippen LogP contribution in [0.5, 0.6) is 0 Å². The number of nitrogens with one attached hydrogen (secondary N) is 1. The lowest BCUT2D eigenvalue weighted by atomic mass is 10.1. The molecule has 4 atom stereocenters. The molecule has 130 valence electrons. The maximum absolute atomic E-state index is 10.4. The van der Waals surface area contributed by atoms with Crippen molar-refractivity contribution in [2.24, 2.45) is 0 Å². The van der Waals surface area contributed by atoms with Crippen molar-refractivity contribution in [3.63, 3.8) is 0 Å². The quantitative estimate of drug-likeness (QED) is 0.648. The van der Waals surface area contributed by atoms with Gasteiger partial charge in [0.15, 0.2) is 6.23 Å². The zero-order valence-electron chi connectivity index (χ0n) is 12.6. The second-order valence-electron chi connectivity index (χ2n) is 6.21. The molecule has 0 spiro atoms. The van der Waals surface area contributed by atoms with Crippen LogP contribution in [0.15, 0.2) is 12.1 Å². The second kappa shape index (κ2) is 6.01. The van der Waals surface area contributed by atoms with E-state index < -0.39 is 24.5 Å². The van der Waals surface area contributed by atoms with Crippen LogP contribution in [0.3, 0.4) is 0 Å². The van der Waals surface area contributed by atoms with Crippen LogP contribution in [0.1, 0.15) is 19.1 Å². The molecule has 24 heavy (non-hydrogen) atoms. The van der Waals surface area contributed by atoms with Gasteiger partial charge < -0.3 is 25.4 Å². The van der Waals surface area contributed by atoms with Crippen molar-refractivity contribution in [1.29, 1.82) is 0 Å². The summed E-state index contributed by atoms with van der Waals surface area (Å²) in [7, 11) is 0. The van der Waals surface area contributed by atoms with Crippen molar-refractivity contribution in [3.8, 4) is 0 Å². The number of hydrogen-bond donors (Lipinski definition) is 4. The monoisotopic (exact) mass is 373 g/mol. The molecule has 1 saturated carbocycles. The van der Waals surface area contributed by atoms with Crippen molar-refractivity contribution in [1.82, 2.24) is 9.55 Å². The number of anilines is 1. The first-order valence-corrected chi connectivity index (χ1v) is 8.51. The van der Waals surface area contributed by atoms with E-state index in [-0.39, 0.29) is 6.61 Å². The fraction of sp³-hybridized carbons (Fsp3) is 0.533. The van der Waals surface area contributed by atoms with Gasteiger partial charge in [-0.25, -0.2) is 4.98 Å². The summed E-state index contributed by atoms with van der Waals surface area (Å²) in [5, 5.41) is 33.8.